The lowest BCUT2D eigenvalue weighted by atomic mass is 10.1. The summed E-state index contributed by atoms with van der Waals surface area (Å²) in [5.41, 5.74) is 0.350. The highest BCUT2D eigenvalue weighted by Crippen LogP contribution is 2.29. The van der Waals surface area contributed by atoms with Crippen molar-refractivity contribution in [1.29, 1.82) is 0 Å². The summed E-state index contributed by atoms with van der Waals surface area (Å²) in [5, 5.41) is 2.73. The van der Waals surface area contributed by atoms with E-state index >= 15 is 0 Å². The standard InChI is InChI=1S/C21H33N3O5S/c1-6-24(7-2)30(27,28)16-10-11-18(23-12-8-9-13-23)17(14-16)20(26)29-15-19(25)22-21(3,4)5/h10-11,14H,6-9,12-13,15H2,1-5H3,(H,22,25). The van der Waals surface area contributed by atoms with Crippen molar-refractivity contribution in [2.75, 3.05) is 37.7 Å². The zero-order valence-electron chi connectivity index (χ0n) is 18.5. The van der Waals surface area contributed by atoms with E-state index in [0.29, 0.717) is 18.8 Å². The topological polar surface area (TPSA) is 96.0 Å². The van der Waals surface area contributed by atoms with Crippen molar-refractivity contribution < 1.29 is 22.7 Å². The molecular weight excluding hydrogens is 406 g/mol. The highest BCUT2D eigenvalue weighted by molar-refractivity contribution is 7.89. The van der Waals surface area contributed by atoms with E-state index < -0.39 is 34.0 Å². The van der Waals surface area contributed by atoms with Crippen LogP contribution in [-0.4, -0.2) is 62.9 Å². The van der Waals surface area contributed by atoms with Gasteiger partial charge < -0.3 is 15.0 Å². The van der Waals surface area contributed by atoms with E-state index in [4.69, 9.17) is 4.74 Å². The van der Waals surface area contributed by atoms with Crippen LogP contribution in [0, 0.1) is 0 Å². The Balaban J connectivity index is 2.34. The zero-order chi connectivity index (χ0) is 22.5. The summed E-state index contributed by atoms with van der Waals surface area (Å²) in [6.07, 6.45) is 2.00. The summed E-state index contributed by atoms with van der Waals surface area (Å²) >= 11 is 0. The van der Waals surface area contributed by atoms with Crippen LogP contribution >= 0.6 is 0 Å². The van der Waals surface area contributed by atoms with Gasteiger partial charge in [0.15, 0.2) is 6.61 Å². The van der Waals surface area contributed by atoms with Crippen LogP contribution in [0.1, 0.15) is 57.8 Å². The molecule has 9 heteroatoms. The van der Waals surface area contributed by atoms with Gasteiger partial charge in [-0.1, -0.05) is 13.8 Å². The molecule has 1 amide bonds. The number of hydrogen-bond acceptors (Lipinski definition) is 6. The molecule has 1 aromatic rings. The van der Waals surface area contributed by atoms with Crippen molar-refractivity contribution in [3.05, 3.63) is 23.8 Å². The van der Waals surface area contributed by atoms with Gasteiger partial charge in [-0.3, -0.25) is 4.79 Å². The molecule has 0 unspecified atom stereocenters. The molecule has 0 saturated carbocycles. The fourth-order valence-electron chi connectivity index (χ4n) is 3.45. The molecule has 0 spiro atoms. The van der Waals surface area contributed by atoms with Gasteiger partial charge in [-0.2, -0.15) is 4.31 Å². The molecule has 168 valence electrons. The lowest BCUT2D eigenvalue weighted by Gasteiger charge is -2.23. The lowest BCUT2D eigenvalue weighted by Crippen LogP contribution is -2.42. The molecule has 0 bridgehead atoms. The number of nitrogens with one attached hydrogen (secondary N) is 1. The van der Waals surface area contributed by atoms with Crippen LogP contribution in [0.2, 0.25) is 0 Å². The minimum Gasteiger partial charge on any atom is -0.452 e. The van der Waals surface area contributed by atoms with E-state index in [1.807, 2.05) is 25.7 Å². The third-order valence-corrected chi connectivity index (χ3v) is 6.87. The minimum absolute atomic E-state index is 0.0419. The number of benzene rings is 1. The van der Waals surface area contributed by atoms with E-state index in [1.54, 1.807) is 19.9 Å². The highest BCUT2D eigenvalue weighted by atomic mass is 32.2. The van der Waals surface area contributed by atoms with Crippen molar-refractivity contribution in [3.8, 4) is 0 Å². The number of nitrogens with zero attached hydrogens (tertiary/aromatic N) is 2. The first kappa shape index (κ1) is 24.1. The molecule has 8 nitrogen and oxygen atoms in total. The quantitative estimate of drug-likeness (QED) is 0.625. The second kappa shape index (κ2) is 9.78. The van der Waals surface area contributed by atoms with Crippen LogP contribution < -0.4 is 10.2 Å². The van der Waals surface area contributed by atoms with Gasteiger partial charge >= 0.3 is 5.97 Å². The third-order valence-electron chi connectivity index (χ3n) is 4.83. The fourth-order valence-corrected chi connectivity index (χ4v) is 4.93. The predicted octanol–water partition coefficient (Wildman–Crippen LogP) is 2.39. The van der Waals surface area contributed by atoms with Crippen molar-refractivity contribution in [1.82, 2.24) is 9.62 Å². The first-order valence-electron chi connectivity index (χ1n) is 10.4. The van der Waals surface area contributed by atoms with Crippen LogP contribution in [0.25, 0.3) is 0 Å². The summed E-state index contributed by atoms with van der Waals surface area (Å²) in [6.45, 7) is 10.8. The molecule has 30 heavy (non-hydrogen) atoms. The van der Waals surface area contributed by atoms with Gasteiger partial charge in [0, 0.05) is 31.7 Å². The molecule has 1 fully saturated rings. The smallest absolute Gasteiger partial charge is 0.340 e. The van der Waals surface area contributed by atoms with Gasteiger partial charge in [0.2, 0.25) is 10.0 Å². The maximum absolute atomic E-state index is 12.9. The van der Waals surface area contributed by atoms with Gasteiger partial charge in [-0.05, 0) is 51.8 Å². The fraction of sp³-hybridized carbons (Fsp3) is 0.619. The number of anilines is 1. The molecule has 1 saturated heterocycles. The summed E-state index contributed by atoms with van der Waals surface area (Å²) in [7, 11) is -3.73. The van der Waals surface area contributed by atoms with Crippen LogP contribution in [0.15, 0.2) is 23.1 Å². The Labute approximate surface area is 179 Å². The van der Waals surface area contributed by atoms with Crippen LogP contribution in [-0.2, 0) is 19.6 Å². The average Bonchev–Trinajstić information content (AvgIpc) is 3.19. The Kier molecular flexibility index (Phi) is 7.87. The monoisotopic (exact) mass is 439 g/mol. The Morgan fingerprint density at radius 2 is 1.73 bits per heavy atom. The van der Waals surface area contributed by atoms with Gasteiger partial charge in [0.05, 0.1) is 16.1 Å². The SMILES string of the molecule is CCN(CC)S(=O)(=O)c1ccc(N2CCCC2)c(C(=O)OCC(=O)NC(C)(C)C)c1. The summed E-state index contributed by atoms with van der Waals surface area (Å²) in [5.74, 6) is -1.12. The molecule has 0 atom stereocenters. The molecular formula is C21H33N3O5S. The maximum Gasteiger partial charge on any atom is 0.340 e. The number of rotatable bonds is 8. The van der Waals surface area contributed by atoms with Crippen molar-refractivity contribution in [3.63, 3.8) is 0 Å². The minimum atomic E-state index is -3.73. The predicted molar refractivity (Wildman–Crippen MR) is 116 cm³/mol. The zero-order valence-corrected chi connectivity index (χ0v) is 19.3. The second-order valence-corrected chi connectivity index (χ2v) is 10.3. The molecule has 1 aliphatic heterocycles. The first-order chi connectivity index (χ1) is 14.0. The van der Waals surface area contributed by atoms with Gasteiger partial charge in [-0.25, -0.2) is 13.2 Å². The van der Waals surface area contributed by atoms with E-state index in [1.165, 1.54) is 16.4 Å². The van der Waals surface area contributed by atoms with Crippen molar-refractivity contribution in [2.45, 2.75) is 57.9 Å². The van der Waals surface area contributed by atoms with Crippen molar-refractivity contribution >= 4 is 27.6 Å². The number of esters is 1. The van der Waals surface area contributed by atoms with Crippen LogP contribution in [0.3, 0.4) is 0 Å². The number of ether oxygens (including phenoxy) is 1. The Bertz CT molecular complexity index is 867. The Morgan fingerprint density at radius 3 is 2.27 bits per heavy atom. The summed E-state index contributed by atoms with van der Waals surface area (Å²) in [6, 6.07) is 4.56. The van der Waals surface area contributed by atoms with E-state index in [2.05, 4.69) is 5.32 Å². The molecule has 1 aromatic carbocycles. The lowest BCUT2D eigenvalue weighted by molar-refractivity contribution is -0.125. The third kappa shape index (κ3) is 5.95. The number of amides is 1. The number of carbonyl (C=O) groups excluding carboxylic acids is 2. The van der Waals surface area contributed by atoms with E-state index in [0.717, 1.165) is 25.9 Å². The summed E-state index contributed by atoms with van der Waals surface area (Å²) in [4.78, 5) is 27.0. The molecule has 0 aliphatic carbocycles. The van der Waals surface area contributed by atoms with Crippen molar-refractivity contribution in [2.24, 2.45) is 0 Å². The molecule has 1 aliphatic rings. The second-order valence-electron chi connectivity index (χ2n) is 8.34. The molecule has 2 rings (SSSR count). The Morgan fingerprint density at radius 1 is 1.13 bits per heavy atom. The van der Waals surface area contributed by atoms with Gasteiger partial charge in [0.25, 0.3) is 5.91 Å². The van der Waals surface area contributed by atoms with E-state index in [-0.39, 0.29) is 10.5 Å². The van der Waals surface area contributed by atoms with Gasteiger partial charge in [0.1, 0.15) is 0 Å². The maximum atomic E-state index is 12.9. The van der Waals surface area contributed by atoms with E-state index in [9.17, 15) is 18.0 Å². The van der Waals surface area contributed by atoms with Gasteiger partial charge in [-0.15, -0.1) is 0 Å². The average molecular weight is 440 g/mol. The first-order valence-corrected chi connectivity index (χ1v) is 11.8. The normalized spacial score (nSPS) is 14.8. The highest BCUT2D eigenvalue weighted by Gasteiger charge is 2.27. The number of hydrogen-bond donors (Lipinski definition) is 1. The van der Waals surface area contributed by atoms with Crippen LogP contribution in [0.4, 0.5) is 5.69 Å². The number of carbonyl (C=O) groups is 2. The summed E-state index contributed by atoms with van der Waals surface area (Å²) < 4.78 is 32.4. The van der Waals surface area contributed by atoms with Crippen LogP contribution in [0.5, 0.6) is 0 Å². The molecule has 1 heterocycles. The number of sulfonamides is 1. The largest absolute Gasteiger partial charge is 0.452 e. The molecule has 0 radical (unpaired) electrons. The molecule has 0 aromatic heterocycles. The Hall–Kier alpha value is -2.13. The molecule has 1 N–H and O–H groups in total.